The van der Waals surface area contributed by atoms with Gasteiger partial charge < -0.3 is 15.3 Å². The molecule has 20 heavy (non-hydrogen) atoms. The third-order valence-electron chi connectivity index (χ3n) is 3.05. The standard InChI is InChI=1S/C14H15N5O/c1-8-5-11(17-13(16-8)7-15-2)9-3-4-10-12(6-9)19-14(20)18-10/h3-6,15H,7H2,1-2H3,(H2,18,19,20). The van der Waals surface area contributed by atoms with E-state index in [4.69, 9.17) is 0 Å². The zero-order valence-electron chi connectivity index (χ0n) is 11.3. The molecule has 3 aromatic rings. The van der Waals surface area contributed by atoms with Gasteiger partial charge in [0, 0.05) is 11.3 Å². The van der Waals surface area contributed by atoms with Crippen molar-refractivity contribution in [3.05, 3.63) is 46.3 Å². The van der Waals surface area contributed by atoms with E-state index in [1.807, 2.05) is 38.2 Å². The predicted molar refractivity (Wildman–Crippen MR) is 77.4 cm³/mol. The predicted octanol–water partition coefficient (Wildman–Crippen LogP) is 1.34. The zero-order valence-corrected chi connectivity index (χ0v) is 11.3. The molecule has 3 N–H and O–H groups in total. The van der Waals surface area contributed by atoms with Gasteiger partial charge in [0.25, 0.3) is 0 Å². The number of imidazole rings is 1. The Hall–Kier alpha value is -2.47. The molecule has 0 fully saturated rings. The van der Waals surface area contributed by atoms with Crippen molar-refractivity contribution in [1.82, 2.24) is 25.3 Å². The second-order valence-electron chi connectivity index (χ2n) is 4.68. The van der Waals surface area contributed by atoms with E-state index in [9.17, 15) is 4.79 Å². The first-order valence-corrected chi connectivity index (χ1v) is 6.37. The lowest BCUT2D eigenvalue weighted by molar-refractivity contribution is 0.754. The lowest BCUT2D eigenvalue weighted by Crippen LogP contribution is -2.10. The Morgan fingerprint density at radius 1 is 1.15 bits per heavy atom. The van der Waals surface area contributed by atoms with Crippen LogP contribution in [0, 0.1) is 6.92 Å². The Morgan fingerprint density at radius 3 is 2.75 bits per heavy atom. The van der Waals surface area contributed by atoms with Crippen molar-refractivity contribution in [3.8, 4) is 11.3 Å². The fourth-order valence-electron chi connectivity index (χ4n) is 2.21. The van der Waals surface area contributed by atoms with Crippen LogP contribution in [0.1, 0.15) is 11.5 Å². The first-order valence-electron chi connectivity index (χ1n) is 6.37. The van der Waals surface area contributed by atoms with Gasteiger partial charge in [-0.25, -0.2) is 14.8 Å². The smallest absolute Gasteiger partial charge is 0.313 e. The fourth-order valence-corrected chi connectivity index (χ4v) is 2.21. The van der Waals surface area contributed by atoms with Gasteiger partial charge in [0.1, 0.15) is 5.82 Å². The molecule has 0 spiro atoms. The highest BCUT2D eigenvalue weighted by molar-refractivity contribution is 5.80. The van der Waals surface area contributed by atoms with Gasteiger partial charge in [-0.05, 0) is 32.2 Å². The number of hydrogen-bond acceptors (Lipinski definition) is 4. The van der Waals surface area contributed by atoms with Crippen molar-refractivity contribution >= 4 is 11.0 Å². The number of hydrogen-bond donors (Lipinski definition) is 3. The molecule has 0 saturated carbocycles. The summed E-state index contributed by atoms with van der Waals surface area (Å²) in [6, 6.07) is 7.66. The minimum Gasteiger partial charge on any atom is -0.313 e. The second kappa shape index (κ2) is 4.90. The number of aryl methyl sites for hydroxylation is 1. The normalized spacial score (nSPS) is 11.1. The Kier molecular flexibility index (Phi) is 3.08. The molecule has 0 amide bonds. The van der Waals surface area contributed by atoms with Crippen LogP contribution in [0.15, 0.2) is 29.1 Å². The number of rotatable bonds is 3. The molecule has 0 aliphatic heterocycles. The van der Waals surface area contributed by atoms with Gasteiger partial charge in [-0.15, -0.1) is 0 Å². The van der Waals surface area contributed by atoms with E-state index in [0.717, 1.165) is 33.8 Å². The summed E-state index contributed by atoms with van der Waals surface area (Å²) in [6.45, 7) is 2.57. The third-order valence-corrected chi connectivity index (χ3v) is 3.05. The van der Waals surface area contributed by atoms with Crippen molar-refractivity contribution in [3.63, 3.8) is 0 Å². The summed E-state index contributed by atoms with van der Waals surface area (Å²) in [4.78, 5) is 25.7. The number of nitrogens with one attached hydrogen (secondary N) is 3. The number of aromatic nitrogens is 4. The summed E-state index contributed by atoms with van der Waals surface area (Å²) >= 11 is 0. The van der Waals surface area contributed by atoms with Crippen molar-refractivity contribution in [2.24, 2.45) is 0 Å². The maximum absolute atomic E-state index is 11.3. The van der Waals surface area contributed by atoms with Gasteiger partial charge in [0.2, 0.25) is 0 Å². The minimum absolute atomic E-state index is 0.202. The maximum atomic E-state index is 11.3. The Morgan fingerprint density at radius 2 is 1.95 bits per heavy atom. The Bertz CT molecular complexity index is 818. The maximum Gasteiger partial charge on any atom is 0.323 e. The molecule has 3 rings (SSSR count). The average molecular weight is 269 g/mol. The van der Waals surface area contributed by atoms with Crippen molar-refractivity contribution in [1.29, 1.82) is 0 Å². The second-order valence-corrected chi connectivity index (χ2v) is 4.68. The number of nitrogens with zero attached hydrogens (tertiary/aromatic N) is 2. The first kappa shape index (κ1) is 12.6. The van der Waals surface area contributed by atoms with Gasteiger partial charge >= 0.3 is 5.69 Å². The van der Waals surface area contributed by atoms with Crippen LogP contribution in [0.4, 0.5) is 0 Å². The molecule has 0 unspecified atom stereocenters. The molecule has 0 saturated heterocycles. The summed E-state index contributed by atoms with van der Waals surface area (Å²) in [7, 11) is 1.86. The van der Waals surface area contributed by atoms with Crippen LogP contribution in [0.3, 0.4) is 0 Å². The van der Waals surface area contributed by atoms with Crippen LogP contribution in [0.2, 0.25) is 0 Å². The third kappa shape index (κ3) is 2.33. The molecule has 6 nitrogen and oxygen atoms in total. The summed E-state index contributed by atoms with van der Waals surface area (Å²) in [5.74, 6) is 0.755. The highest BCUT2D eigenvalue weighted by Gasteiger charge is 2.06. The van der Waals surface area contributed by atoms with E-state index in [2.05, 4.69) is 25.3 Å². The van der Waals surface area contributed by atoms with Crippen LogP contribution < -0.4 is 11.0 Å². The van der Waals surface area contributed by atoms with Crippen molar-refractivity contribution < 1.29 is 0 Å². The van der Waals surface area contributed by atoms with Crippen LogP contribution in [-0.4, -0.2) is 27.0 Å². The molecule has 102 valence electrons. The van der Waals surface area contributed by atoms with Crippen LogP contribution in [-0.2, 0) is 6.54 Å². The van der Waals surface area contributed by atoms with Gasteiger partial charge in [-0.2, -0.15) is 0 Å². The molecule has 0 radical (unpaired) electrons. The molecule has 0 aliphatic rings. The zero-order chi connectivity index (χ0) is 14.1. The Labute approximate surface area is 115 Å². The van der Waals surface area contributed by atoms with E-state index in [1.54, 1.807) is 0 Å². The molecule has 1 aromatic carbocycles. The Balaban J connectivity index is 2.11. The van der Waals surface area contributed by atoms with Crippen LogP contribution >= 0.6 is 0 Å². The number of aromatic amines is 2. The molecule has 0 atom stereocenters. The van der Waals surface area contributed by atoms with Crippen molar-refractivity contribution in [2.75, 3.05) is 7.05 Å². The van der Waals surface area contributed by atoms with Crippen LogP contribution in [0.5, 0.6) is 0 Å². The van der Waals surface area contributed by atoms with Gasteiger partial charge in [0.15, 0.2) is 0 Å². The van der Waals surface area contributed by atoms with Gasteiger partial charge in [-0.3, -0.25) is 0 Å². The molecule has 0 bridgehead atoms. The van der Waals surface area contributed by atoms with E-state index >= 15 is 0 Å². The highest BCUT2D eigenvalue weighted by atomic mass is 16.1. The fraction of sp³-hybridized carbons (Fsp3) is 0.214. The number of fused-ring (bicyclic) bond motifs is 1. The molecular formula is C14H15N5O. The number of H-pyrrole nitrogens is 2. The molecule has 2 heterocycles. The van der Waals surface area contributed by atoms with E-state index in [0.29, 0.717) is 6.54 Å². The first-order chi connectivity index (χ1) is 9.65. The summed E-state index contributed by atoms with van der Waals surface area (Å²) < 4.78 is 0. The van der Waals surface area contributed by atoms with E-state index in [-0.39, 0.29) is 5.69 Å². The van der Waals surface area contributed by atoms with E-state index in [1.165, 1.54) is 0 Å². The van der Waals surface area contributed by atoms with E-state index < -0.39 is 0 Å². The summed E-state index contributed by atoms with van der Waals surface area (Å²) in [5.41, 5.74) is 4.09. The summed E-state index contributed by atoms with van der Waals surface area (Å²) in [5, 5.41) is 3.05. The topological polar surface area (TPSA) is 86.5 Å². The lowest BCUT2D eigenvalue weighted by atomic mass is 10.1. The van der Waals surface area contributed by atoms with Gasteiger partial charge in [-0.1, -0.05) is 6.07 Å². The van der Waals surface area contributed by atoms with Crippen molar-refractivity contribution in [2.45, 2.75) is 13.5 Å². The molecule has 0 aliphatic carbocycles. The number of benzene rings is 1. The average Bonchev–Trinajstić information content (AvgIpc) is 2.77. The monoisotopic (exact) mass is 269 g/mol. The highest BCUT2D eigenvalue weighted by Crippen LogP contribution is 2.21. The quantitative estimate of drug-likeness (QED) is 0.669. The minimum atomic E-state index is -0.202. The lowest BCUT2D eigenvalue weighted by Gasteiger charge is -2.06. The largest absolute Gasteiger partial charge is 0.323 e. The summed E-state index contributed by atoms with van der Waals surface area (Å²) in [6.07, 6.45) is 0. The SMILES string of the molecule is CNCc1nc(C)cc(-c2ccc3[nH]c(=O)[nH]c3c2)n1. The van der Waals surface area contributed by atoms with Gasteiger partial charge in [0.05, 0.1) is 23.3 Å². The molecular weight excluding hydrogens is 254 g/mol. The molecule has 6 heteroatoms. The van der Waals surface area contributed by atoms with Crippen LogP contribution in [0.25, 0.3) is 22.3 Å². The molecule has 2 aromatic heterocycles.